The summed E-state index contributed by atoms with van der Waals surface area (Å²) >= 11 is 0. The third kappa shape index (κ3) is 1.66. The second-order valence-electron chi connectivity index (χ2n) is 3.16. The van der Waals surface area contributed by atoms with Gasteiger partial charge in [0.1, 0.15) is 5.69 Å². The minimum absolute atomic E-state index is 0.0434. The molecule has 2 N–H and O–H groups in total. The average Bonchev–Trinajstić information content (AvgIpc) is 2.78. The molecular weight excluding hydrogens is 204 g/mol. The number of nitrogens with zero attached hydrogens (tertiary/aromatic N) is 1. The fourth-order valence-corrected chi connectivity index (χ4v) is 1.40. The summed E-state index contributed by atoms with van der Waals surface area (Å²) in [6, 6.07) is 8.69. The number of rotatable bonds is 2. The normalized spacial score (nSPS) is 9.69. The first-order valence-corrected chi connectivity index (χ1v) is 4.57. The first-order valence-electron chi connectivity index (χ1n) is 4.57. The van der Waals surface area contributed by atoms with E-state index in [-0.39, 0.29) is 5.69 Å². The molecule has 1 heterocycles. The lowest BCUT2D eigenvalue weighted by atomic mass is 10.1. The van der Waals surface area contributed by atoms with Crippen LogP contribution in [0.1, 0.15) is 16.1 Å². The molecule has 0 spiro atoms. The van der Waals surface area contributed by atoms with Gasteiger partial charge in [-0.25, -0.2) is 4.79 Å². The molecule has 0 radical (unpaired) electrons. The molecule has 0 aliphatic heterocycles. The van der Waals surface area contributed by atoms with Gasteiger partial charge in [-0.15, -0.1) is 6.42 Å². The van der Waals surface area contributed by atoms with Crippen LogP contribution in [0.3, 0.4) is 0 Å². The lowest BCUT2D eigenvalue weighted by Crippen LogP contribution is -1.95. The number of carbonyl (C=O) groups is 1. The standard InChI is InChI=1S/C12H8N2O2/c1-2-8-5-3-4-6-9(8)10-7-11(12(15)16)14-13-10/h1,3-7H,(H,13,14)(H,15,16). The van der Waals surface area contributed by atoms with E-state index < -0.39 is 5.97 Å². The molecule has 0 amide bonds. The number of benzene rings is 1. The van der Waals surface area contributed by atoms with E-state index in [2.05, 4.69) is 16.1 Å². The van der Waals surface area contributed by atoms with Crippen LogP contribution in [0.5, 0.6) is 0 Å². The Morgan fingerprint density at radius 3 is 2.81 bits per heavy atom. The quantitative estimate of drug-likeness (QED) is 0.745. The molecule has 0 fully saturated rings. The Bertz CT molecular complexity index is 579. The van der Waals surface area contributed by atoms with E-state index in [1.165, 1.54) is 6.07 Å². The van der Waals surface area contributed by atoms with Crippen LogP contribution in [-0.2, 0) is 0 Å². The van der Waals surface area contributed by atoms with Gasteiger partial charge < -0.3 is 5.11 Å². The van der Waals surface area contributed by atoms with Gasteiger partial charge in [0.25, 0.3) is 0 Å². The first kappa shape index (κ1) is 9.99. The van der Waals surface area contributed by atoms with Gasteiger partial charge in [0.05, 0.1) is 5.69 Å². The molecule has 2 rings (SSSR count). The zero-order chi connectivity index (χ0) is 11.5. The number of carboxylic acid groups (broad SMARTS) is 1. The molecule has 0 aliphatic rings. The summed E-state index contributed by atoms with van der Waals surface area (Å²) in [7, 11) is 0. The topological polar surface area (TPSA) is 66.0 Å². The van der Waals surface area contributed by atoms with Crippen molar-refractivity contribution in [2.75, 3.05) is 0 Å². The van der Waals surface area contributed by atoms with Crippen LogP contribution in [0.15, 0.2) is 30.3 Å². The van der Waals surface area contributed by atoms with E-state index in [1.54, 1.807) is 12.1 Å². The first-order chi connectivity index (χ1) is 7.72. The molecule has 1 aromatic heterocycles. The molecule has 0 saturated heterocycles. The van der Waals surface area contributed by atoms with E-state index >= 15 is 0 Å². The molecule has 2 aromatic rings. The number of aromatic nitrogens is 2. The predicted molar refractivity (Wildman–Crippen MR) is 58.9 cm³/mol. The summed E-state index contributed by atoms with van der Waals surface area (Å²) in [5.41, 5.74) is 2.01. The van der Waals surface area contributed by atoms with Crippen LogP contribution in [-0.4, -0.2) is 21.3 Å². The van der Waals surface area contributed by atoms with Gasteiger partial charge in [-0.3, -0.25) is 5.10 Å². The number of aromatic amines is 1. The third-order valence-electron chi connectivity index (χ3n) is 2.17. The van der Waals surface area contributed by atoms with Crippen molar-refractivity contribution >= 4 is 5.97 Å². The third-order valence-corrected chi connectivity index (χ3v) is 2.17. The van der Waals surface area contributed by atoms with Crippen molar-refractivity contribution in [3.8, 4) is 23.6 Å². The molecule has 4 nitrogen and oxygen atoms in total. The van der Waals surface area contributed by atoms with Crippen molar-refractivity contribution in [3.63, 3.8) is 0 Å². The van der Waals surface area contributed by atoms with E-state index in [1.807, 2.05) is 12.1 Å². The molecule has 78 valence electrons. The predicted octanol–water partition coefficient (Wildman–Crippen LogP) is 1.76. The Kier molecular flexibility index (Phi) is 2.44. The summed E-state index contributed by atoms with van der Waals surface area (Å²) in [6.07, 6.45) is 5.35. The van der Waals surface area contributed by atoms with Gasteiger partial charge in [0.2, 0.25) is 0 Å². The monoisotopic (exact) mass is 212 g/mol. The second kappa shape index (κ2) is 3.91. The smallest absolute Gasteiger partial charge is 0.353 e. The van der Waals surface area contributed by atoms with E-state index in [9.17, 15) is 4.79 Å². The number of aromatic carboxylic acids is 1. The fraction of sp³-hybridized carbons (Fsp3) is 0. The summed E-state index contributed by atoms with van der Waals surface area (Å²) in [5, 5.41) is 15.1. The second-order valence-corrected chi connectivity index (χ2v) is 3.16. The van der Waals surface area contributed by atoms with Crippen molar-refractivity contribution in [3.05, 3.63) is 41.6 Å². The number of hydrogen-bond donors (Lipinski definition) is 2. The summed E-state index contributed by atoms with van der Waals surface area (Å²) < 4.78 is 0. The van der Waals surface area contributed by atoms with E-state index in [4.69, 9.17) is 11.5 Å². The maximum Gasteiger partial charge on any atom is 0.353 e. The Balaban J connectivity index is 2.51. The Morgan fingerprint density at radius 1 is 1.44 bits per heavy atom. The molecule has 0 unspecified atom stereocenters. The van der Waals surface area contributed by atoms with Crippen LogP contribution < -0.4 is 0 Å². The van der Waals surface area contributed by atoms with Gasteiger partial charge in [-0.05, 0) is 12.1 Å². The number of carboxylic acids is 1. The van der Waals surface area contributed by atoms with Gasteiger partial charge in [0, 0.05) is 11.1 Å². The summed E-state index contributed by atoms with van der Waals surface area (Å²) in [4.78, 5) is 10.7. The highest BCUT2D eigenvalue weighted by molar-refractivity contribution is 5.87. The number of terminal acetylenes is 1. The minimum atomic E-state index is -1.04. The van der Waals surface area contributed by atoms with Crippen molar-refractivity contribution in [2.24, 2.45) is 0 Å². The van der Waals surface area contributed by atoms with Crippen molar-refractivity contribution in [1.29, 1.82) is 0 Å². The highest BCUT2D eigenvalue weighted by Crippen LogP contribution is 2.21. The SMILES string of the molecule is C#Cc1ccccc1-c1cc(C(=O)O)[nH]n1. The number of H-pyrrole nitrogens is 1. The molecule has 16 heavy (non-hydrogen) atoms. The minimum Gasteiger partial charge on any atom is -0.477 e. The Hall–Kier alpha value is -2.54. The molecule has 4 heteroatoms. The molecular formula is C12H8N2O2. The largest absolute Gasteiger partial charge is 0.477 e. The lowest BCUT2D eigenvalue weighted by molar-refractivity contribution is 0.0690. The van der Waals surface area contributed by atoms with Crippen LogP contribution in [0, 0.1) is 12.3 Å². The highest BCUT2D eigenvalue weighted by Gasteiger charge is 2.10. The zero-order valence-electron chi connectivity index (χ0n) is 8.27. The van der Waals surface area contributed by atoms with Crippen molar-refractivity contribution in [1.82, 2.24) is 10.2 Å². The molecule has 0 atom stereocenters. The van der Waals surface area contributed by atoms with Crippen LogP contribution in [0.2, 0.25) is 0 Å². The highest BCUT2D eigenvalue weighted by atomic mass is 16.4. The molecule has 0 saturated carbocycles. The Morgan fingerprint density at radius 2 is 2.19 bits per heavy atom. The van der Waals surface area contributed by atoms with Crippen LogP contribution in [0.25, 0.3) is 11.3 Å². The molecule has 0 bridgehead atoms. The van der Waals surface area contributed by atoms with E-state index in [0.29, 0.717) is 11.3 Å². The lowest BCUT2D eigenvalue weighted by Gasteiger charge is -1.98. The molecule has 0 aliphatic carbocycles. The van der Waals surface area contributed by atoms with Crippen LogP contribution in [0.4, 0.5) is 0 Å². The zero-order valence-corrected chi connectivity index (χ0v) is 8.27. The Labute approximate surface area is 91.9 Å². The van der Waals surface area contributed by atoms with Gasteiger partial charge >= 0.3 is 5.97 Å². The summed E-state index contributed by atoms with van der Waals surface area (Å²) in [5.74, 6) is 1.49. The average molecular weight is 212 g/mol. The molecule has 1 aromatic carbocycles. The number of hydrogen-bond acceptors (Lipinski definition) is 2. The van der Waals surface area contributed by atoms with Gasteiger partial charge in [-0.1, -0.05) is 24.1 Å². The van der Waals surface area contributed by atoms with Crippen molar-refractivity contribution < 1.29 is 9.90 Å². The fourth-order valence-electron chi connectivity index (χ4n) is 1.40. The summed E-state index contributed by atoms with van der Waals surface area (Å²) in [6.45, 7) is 0. The van der Waals surface area contributed by atoms with Crippen LogP contribution >= 0.6 is 0 Å². The number of nitrogens with one attached hydrogen (secondary N) is 1. The maximum absolute atomic E-state index is 10.7. The van der Waals surface area contributed by atoms with Gasteiger partial charge in [-0.2, -0.15) is 5.10 Å². The van der Waals surface area contributed by atoms with E-state index in [0.717, 1.165) is 5.56 Å². The van der Waals surface area contributed by atoms with Gasteiger partial charge in [0.15, 0.2) is 0 Å². The van der Waals surface area contributed by atoms with Crippen molar-refractivity contribution in [2.45, 2.75) is 0 Å². The maximum atomic E-state index is 10.7.